The lowest BCUT2D eigenvalue weighted by atomic mass is 9.97. The van der Waals surface area contributed by atoms with Gasteiger partial charge in [-0.05, 0) is 55.9 Å². The summed E-state index contributed by atoms with van der Waals surface area (Å²) in [7, 11) is 2.17. The molecular formula is C19H25N5. The molecule has 2 aliphatic rings. The lowest BCUT2D eigenvalue weighted by Crippen LogP contribution is -2.38. The van der Waals surface area contributed by atoms with Crippen LogP contribution in [0, 0.1) is 18.8 Å². The molecule has 1 aliphatic carbocycles. The van der Waals surface area contributed by atoms with E-state index in [-0.39, 0.29) is 0 Å². The molecule has 1 saturated heterocycles. The molecule has 2 fully saturated rings. The average Bonchev–Trinajstić information content (AvgIpc) is 3.15. The molecule has 1 saturated carbocycles. The summed E-state index contributed by atoms with van der Waals surface area (Å²) >= 11 is 0. The number of aromatic nitrogens is 3. The minimum Gasteiger partial charge on any atom is -0.355 e. The number of nitrogens with zero attached hydrogens (tertiary/aromatic N) is 5. The summed E-state index contributed by atoms with van der Waals surface area (Å²) in [6.07, 6.45) is 4.32. The van der Waals surface area contributed by atoms with Gasteiger partial charge in [0, 0.05) is 44.6 Å². The highest BCUT2D eigenvalue weighted by atomic mass is 15.3. The van der Waals surface area contributed by atoms with E-state index in [1.165, 1.54) is 25.1 Å². The molecule has 2 aromatic heterocycles. The van der Waals surface area contributed by atoms with Gasteiger partial charge >= 0.3 is 0 Å². The van der Waals surface area contributed by atoms with Gasteiger partial charge in [0.1, 0.15) is 0 Å². The highest BCUT2D eigenvalue weighted by Crippen LogP contribution is 2.41. The van der Waals surface area contributed by atoms with E-state index < -0.39 is 0 Å². The summed E-state index contributed by atoms with van der Waals surface area (Å²) in [6.45, 7) is 5.39. The van der Waals surface area contributed by atoms with Crippen molar-refractivity contribution in [2.24, 2.45) is 11.8 Å². The summed E-state index contributed by atoms with van der Waals surface area (Å²) < 4.78 is 0. The maximum atomic E-state index is 4.66. The maximum Gasteiger partial charge on any atom is 0.151 e. The van der Waals surface area contributed by atoms with Crippen LogP contribution in [0.2, 0.25) is 0 Å². The van der Waals surface area contributed by atoms with Crippen molar-refractivity contribution >= 4 is 5.82 Å². The minimum atomic E-state index is 0.571. The van der Waals surface area contributed by atoms with Gasteiger partial charge in [-0.3, -0.25) is 9.88 Å². The number of rotatable bonds is 4. The van der Waals surface area contributed by atoms with Crippen molar-refractivity contribution in [2.75, 3.05) is 25.0 Å². The van der Waals surface area contributed by atoms with Crippen molar-refractivity contribution in [1.29, 1.82) is 0 Å². The van der Waals surface area contributed by atoms with Gasteiger partial charge in [0.25, 0.3) is 0 Å². The quantitative estimate of drug-likeness (QED) is 0.865. The molecule has 0 unspecified atom stereocenters. The Morgan fingerprint density at radius 1 is 1.17 bits per heavy atom. The van der Waals surface area contributed by atoms with Crippen LogP contribution in [-0.4, -0.2) is 46.3 Å². The van der Waals surface area contributed by atoms with Crippen LogP contribution in [0.15, 0.2) is 36.5 Å². The molecule has 5 nitrogen and oxygen atoms in total. The molecule has 3 atom stereocenters. The fourth-order valence-electron chi connectivity index (χ4n) is 4.51. The molecule has 0 bridgehead atoms. The number of likely N-dealkylation sites (tertiary alicyclic amines) is 1. The van der Waals surface area contributed by atoms with Crippen molar-refractivity contribution in [3.8, 4) is 0 Å². The largest absolute Gasteiger partial charge is 0.355 e. The Kier molecular flexibility index (Phi) is 4.19. The first-order valence-corrected chi connectivity index (χ1v) is 8.86. The molecule has 1 aliphatic heterocycles. The lowest BCUT2D eigenvalue weighted by molar-refractivity contribution is 0.293. The van der Waals surface area contributed by atoms with Crippen LogP contribution in [0.5, 0.6) is 0 Å². The number of pyridine rings is 1. The zero-order chi connectivity index (χ0) is 16.5. The standard InChI is InChI=1S/C19H25N5/c1-14-5-3-6-16(21-14)12-24-11-15-8-9-18(17(15)13-24)23(2)19-7-4-10-20-22-19/h3-7,10,15,17-18H,8-9,11-13H2,1-2H3/t15-,17+,18-/m1/s1. The van der Waals surface area contributed by atoms with Gasteiger partial charge in [0.2, 0.25) is 0 Å². The van der Waals surface area contributed by atoms with Crippen LogP contribution in [0.3, 0.4) is 0 Å². The summed E-state index contributed by atoms with van der Waals surface area (Å²) in [4.78, 5) is 9.58. The molecule has 0 radical (unpaired) electrons. The predicted molar refractivity (Wildman–Crippen MR) is 94.7 cm³/mol. The zero-order valence-electron chi connectivity index (χ0n) is 14.5. The van der Waals surface area contributed by atoms with E-state index in [0.29, 0.717) is 6.04 Å². The van der Waals surface area contributed by atoms with Crippen molar-refractivity contribution in [3.63, 3.8) is 0 Å². The van der Waals surface area contributed by atoms with Crippen LogP contribution < -0.4 is 4.90 Å². The number of hydrogen-bond donors (Lipinski definition) is 0. The van der Waals surface area contributed by atoms with Gasteiger partial charge in [-0.1, -0.05) is 6.07 Å². The predicted octanol–water partition coefficient (Wildman–Crippen LogP) is 2.53. The molecule has 0 spiro atoms. The van der Waals surface area contributed by atoms with Crippen molar-refractivity contribution in [2.45, 2.75) is 32.4 Å². The van der Waals surface area contributed by atoms with Gasteiger partial charge in [0.05, 0.1) is 5.69 Å². The topological polar surface area (TPSA) is 45.2 Å². The van der Waals surface area contributed by atoms with E-state index in [1.807, 2.05) is 6.07 Å². The molecule has 0 N–H and O–H groups in total. The second-order valence-electron chi connectivity index (χ2n) is 7.23. The van der Waals surface area contributed by atoms with E-state index in [0.717, 1.165) is 36.4 Å². The number of anilines is 1. The summed E-state index contributed by atoms with van der Waals surface area (Å²) in [5.41, 5.74) is 2.29. The first kappa shape index (κ1) is 15.5. The molecule has 0 aromatic carbocycles. The second kappa shape index (κ2) is 6.48. The Labute approximate surface area is 143 Å². The van der Waals surface area contributed by atoms with Crippen LogP contribution in [0.4, 0.5) is 5.82 Å². The first-order chi connectivity index (χ1) is 11.7. The SMILES string of the molecule is Cc1cccc(CN2C[C@H]3CC[C@@H](N(C)c4cccnn4)[C@H]3C2)n1. The molecule has 3 heterocycles. The molecule has 0 amide bonds. The van der Waals surface area contributed by atoms with E-state index in [1.54, 1.807) is 6.20 Å². The van der Waals surface area contributed by atoms with Crippen LogP contribution >= 0.6 is 0 Å². The highest BCUT2D eigenvalue weighted by molar-refractivity contribution is 5.37. The second-order valence-corrected chi connectivity index (χ2v) is 7.23. The number of aryl methyl sites for hydroxylation is 1. The summed E-state index contributed by atoms with van der Waals surface area (Å²) in [6, 6.07) is 10.9. The molecule has 2 aromatic rings. The smallest absolute Gasteiger partial charge is 0.151 e. The fraction of sp³-hybridized carbons (Fsp3) is 0.526. The normalized spacial score (nSPS) is 26.5. The van der Waals surface area contributed by atoms with Gasteiger partial charge < -0.3 is 4.90 Å². The first-order valence-electron chi connectivity index (χ1n) is 8.86. The van der Waals surface area contributed by atoms with Crippen molar-refractivity contribution in [1.82, 2.24) is 20.1 Å². The van der Waals surface area contributed by atoms with Gasteiger partial charge in [-0.2, -0.15) is 5.10 Å². The molecular weight excluding hydrogens is 298 g/mol. The third kappa shape index (κ3) is 3.00. The Balaban J connectivity index is 1.43. The average molecular weight is 323 g/mol. The van der Waals surface area contributed by atoms with Gasteiger partial charge in [-0.25, -0.2) is 0 Å². The fourth-order valence-corrected chi connectivity index (χ4v) is 4.51. The van der Waals surface area contributed by atoms with Crippen molar-refractivity contribution < 1.29 is 0 Å². The number of fused-ring (bicyclic) bond motifs is 1. The van der Waals surface area contributed by atoms with E-state index in [9.17, 15) is 0 Å². The lowest BCUT2D eigenvalue weighted by Gasteiger charge is -2.30. The van der Waals surface area contributed by atoms with Gasteiger partial charge in [0.15, 0.2) is 5.82 Å². The monoisotopic (exact) mass is 323 g/mol. The molecule has 5 heteroatoms. The van der Waals surface area contributed by atoms with E-state index in [2.05, 4.69) is 63.2 Å². The third-order valence-electron chi connectivity index (χ3n) is 5.64. The molecule has 24 heavy (non-hydrogen) atoms. The zero-order valence-corrected chi connectivity index (χ0v) is 14.5. The molecule has 4 rings (SSSR count). The van der Waals surface area contributed by atoms with Gasteiger partial charge in [-0.15, -0.1) is 5.10 Å². The van der Waals surface area contributed by atoms with Crippen LogP contribution in [0.25, 0.3) is 0 Å². The molecule has 126 valence electrons. The van der Waals surface area contributed by atoms with E-state index >= 15 is 0 Å². The summed E-state index contributed by atoms with van der Waals surface area (Å²) in [5.74, 6) is 2.52. The Morgan fingerprint density at radius 2 is 2.08 bits per heavy atom. The van der Waals surface area contributed by atoms with Crippen molar-refractivity contribution in [3.05, 3.63) is 47.9 Å². The van der Waals surface area contributed by atoms with E-state index in [4.69, 9.17) is 0 Å². The minimum absolute atomic E-state index is 0.571. The summed E-state index contributed by atoms with van der Waals surface area (Å²) in [5, 5.41) is 8.32. The number of hydrogen-bond acceptors (Lipinski definition) is 5. The van der Waals surface area contributed by atoms with Crippen LogP contribution in [-0.2, 0) is 6.54 Å². The Hall–Kier alpha value is -2.01. The van der Waals surface area contributed by atoms with Crippen LogP contribution in [0.1, 0.15) is 24.2 Å². The maximum absolute atomic E-state index is 4.66. The third-order valence-corrected chi connectivity index (χ3v) is 5.64. The highest BCUT2D eigenvalue weighted by Gasteiger charge is 2.44. The Bertz CT molecular complexity index is 689. The Morgan fingerprint density at radius 3 is 2.88 bits per heavy atom.